The van der Waals surface area contributed by atoms with Crippen molar-refractivity contribution in [1.82, 2.24) is 19.9 Å². The predicted octanol–water partition coefficient (Wildman–Crippen LogP) is 12.4. The number of rotatable bonds is 10. The minimum Gasteiger partial charge on any atom is -0.228 e. The van der Waals surface area contributed by atoms with Crippen molar-refractivity contribution in [3.8, 4) is 67.8 Å². The summed E-state index contributed by atoms with van der Waals surface area (Å²) in [6.07, 6.45) is 1.91. The van der Waals surface area contributed by atoms with Crippen LogP contribution in [0.5, 0.6) is 0 Å². The Kier molecular flexibility index (Phi) is 9.51. The van der Waals surface area contributed by atoms with Crippen LogP contribution in [0.4, 0.5) is 0 Å². The van der Waals surface area contributed by atoms with Gasteiger partial charge in [-0.15, -0.1) is 0 Å². The summed E-state index contributed by atoms with van der Waals surface area (Å²) in [5.41, 5.74) is 12.3. The zero-order valence-electron chi connectivity index (χ0n) is 30.0. The normalized spacial score (nSPS) is 11.4. The first kappa shape index (κ1) is 33.6. The Bertz CT molecular complexity index is 2140. The molecule has 0 amide bonds. The van der Waals surface area contributed by atoms with Crippen LogP contribution < -0.4 is 0 Å². The average Bonchev–Trinajstić information content (AvgIpc) is 3.26. The summed E-state index contributed by atoms with van der Waals surface area (Å²) >= 11 is 0. The summed E-state index contributed by atoms with van der Waals surface area (Å²) in [4.78, 5) is 20.2. The van der Waals surface area contributed by atoms with Crippen molar-refractivity contribution in [3.05, 3.63) is 193 Å². The number of benzene rings is 6. The second-order valence-corrected chi connectivity index (χ2v) is 13.3. The highest BCUT2D eigenvalue weighted by molar-refractivity contribution is 5.73. The Morgan fingerprint density at radius 2 is 0.585 bits per heavy atom. The highest BCUT2D eigenvalue weighted by Gasteiger charge is 2.31. The average molecular weight is 685 g/mol. The van der Waals surface area contributed by atoms with Crippen LogP contribution in [0.1, 0.15) is 37.8 Å². The minimum atomic E-state index is -0.166. The van der Waals surface area contributed by atoms with E-state index in [2.05, 4.69) is 123 Å². The van der Waals surface area contributed by atoms with Crippen molar-refractivity contribution >= 4 is 0 Å². The third-order valence-electron chi connectivity index (χ3n) is 10.3. The maximum Gasteiger partial charge on any atom is 0.160 e. The molecule has 0 bridgehead atoms. The zero-order chi connectivity index (χ0) is 36.0. The fourth-order valence-electron chi connectivity index (χ4n) is 7.29. The SMILES string of the molecule is CCC(CC)(c1ccc(-c2nc(-c3ccccc3)cc(-c3ccccc3)n2)cc1)c1ccc(-c2nc(-c3ccccc3)cc(-c3ccccc3)n2)cc1. The van der Waals surface area contributed by atoms with Crippen LogP contribution in [0.25, 0.3) is 67.8 Å². The van der Waals surface area contributed by atoms with E-state index in [9.17, 15) is 0 Å². The fourth-order valence-corrected chi connectivity index (χ4v) is 7.29. The Morgan fingerprint density at radius 1 is 0.321 bits per heavy atom. The van der Waals surface area contributed by atoms with Gasteiger partial charge in [-0.3, -0.25) is 0 Å². The summed E-state index contributed by atoms with van der Waals surface area (Å²) in [6, 6.07) is 63.2. The molecule has 256 valence electrons. The summed E-state index contributed by atoms with van der Waals surface area (Å²) < 4.78 is 0. The molecular weight excluding hydrogens is 645 g/mol. The van der Waals surface area contributed by atoms with Gasteiger partial charge in [-0.1, -0.05) is 184 Å². The molecule has 0 atom stereocenters. The van der Waals surface area contributed by atoms with E-state index in [0.29, 0.717) is 11.6 Å². The molecule has 0 aliphatic carbocycles. The third kappa shape index (κ3) is 6.92. The molecule has 8 aromatic rings. The molecule has 0 fully saturated rings. The van der Waals surface area contributed by atoms with Crippen LogP contribution in [0.15, 0.2) is 182 Å². The van der Waals surface area contributed by atoms with E-state index < -0.39 is 0 Å². The van der Waals surface area contributed by atoms with Crippen LogP contribution in [-0.4, -0.2) is 19.9 Å². The van der Waals surface area contributed by atoms with Gasteiger partial charge in [0.1, 0.15) is 0 Å². The molecule has 2 aromatic heterocycles. The van der Waals surface area contributed by atoms with E-state index in [1.165, 1.54) is 11.1 Å². The molecule has 0 aliphatic rings. The lowest BCUT2D eigenvalue weighted by Gasteiger charge is -2.33. The van der Waals surface area contributed by atoms with E-state index >= 15 is 0 Å². The first-order valence-electron chi connectivity index (χ1n) is 18.4. The maximum atomic E-state index is 5.06. The molecule has 0 saturated carbocycles. The van der Waals surface area contributed by atoms with E-state index in [1.54, 1.807) is 0 Å². The molecule has 0 unspecified atom stereocenters. The molecule has 2 heterocycles. The molecule has 0 radical (unpaired) electrons. The van der Waals surface area contributed by atoms with E-state index in [1.807, 2.05) is 72.8 Å². The molecular formula is C49H40N4. The molecule has 0 N–H and O–H groups in total. The smallest absolute Gasteiger partial charge is 0.160 e. The highest BCUT2D eigenvalue weighted by atomic mass is 14.9. The van der Waals surface area contributed by atoms with Gasteiger partial charge in [-0.2, -0.15) is 0 Å². The standard InChI is InChI=1S/C49H40N4/c1-3-49(4-2,41-29-25-39(26-30-41)47-50-43(35-17-9-5-10-18-35)33-44(51-47)36-19-11-6-12-20-36)42-31-27-40(28-32-42)48-52-45(37-21-13-7-14-22-37)34-46(53-48)38-23-15-8-16-24-38/h5-34H,3-4H2,1-2H3. The number of hydrogen-bond acceptors (Lipinski definition) is 4. The summed E-state index contributed by atoms with van der Waals surface area (Å²) in [5, 5.41) is 0. The molecule has 4 nitrogen and oxygen atoms in total. The first-order chi connectivity index (χ1) is 26.1. The lowest BCUT2D eigenvalue weighted by molar-refractivity contribution is 0.478. The Morgan fingerprint density at radius 3 is 0.830 bits per heavy atom. The van der Waals surface area contributed by atoms with Gasteiger partial charge in [0.2, 0.25) is 0 Å². The summed E-state index contributed by atoms with van der Waals surface area (Å²) in [7, 11) is 0. The van der Waals surface area contributed by atoms with Crippen LogP contribution in [0.2, 0.25) is 0 Å². The topological polar surface area (TPSA) is 51.6 Å². The lowest BCUT2D eigenvalue weighted by Crippen LogP contribution is -2.26. The molecule has 53 heavy (non-hydrogen) atoms. The second-order valence-electron chi connectivity index (χ2n) is 13.3. The molecule has 6 aromatic carbocycles. The van der Waals surface area contributed by atoms with E-state index in [-0.39, 0.29) is 5.41 Å². The number of hydrogen-bond donors (Lipinski definition) is 0. The molecule has 0 saturated heterocycles. The van der Waals surface area contributed by atoms with Gasteiger partial charge >= 0.3 is 0 Å². The van der Waals surface area contributed by atoms with Crippen molar-refractivity contribution in [2.45, 2.75) is 32.1 Å². The van der Waals surface area contributed by atoms with Crippen molar-refractivity contribution < 1.29 is 0 Å². The Balaban J connectivity index is 1.14. The summed E-state index contributed by atoms with van der Waals surface area (Å²) in [5.74, 6) is 1.43. The van der Waals surface area contributed by atoms with Gasteiger partial charge in [-0.25, -0.2) is 19.9 Å². The van der Waals surface area contributed by atoms with Gasteiger partial charge in [0.25, 0.3) is 0 Å². The quantitative estimate of drug-likeness (QED) is 0.144. The van der Waals surface area contributed by atoms with Crippen LogP contribution in [-0.2, 0) is 5.41 Å². The Labute approximate surface area is 312 Å². The van der Waals surface area contributed by atoms with E-state index in [0.717, 1.165) is 69.0 Å². The molecule has 0 aliphatic heterocycles. The van der Waals surface area contributed by atoms with Gasteiger partial charge in [0, 0.05) is 38.8 Å². The number of aromatic nitrogens is 4. The van der Waals surface area contributed by atoms with Crippen LogP contribution >= 0.6 is 0 Å². The van der Waals surface area contributed by atoms with Crippen molar-refractivity contribution in [2.24, 2.45) is 0 Å². The third-order valence-corrected chi connectivity index (χ3v) is 10.3. The molecule has 8 rings (SSSR count). The molecule has 4 heteroatoms. The number of nitrogens with zero attached hydrogens (tertiary/aromatic N) is 4. The first-order valence-corrected chi connectivity index (χ1v) is 18.4. The second kappa shape index (κ2) is 15.0. The predicted molar refractivity (Wildman–Crippen MR) is 218 cm³/mol. The monoisotopic (exact) mass is 684 g/mol. The largest absolute Gasteiger partial charge is 0.228 e. The van der Waals surface area contributed by atoms with Crippen LogP contribution in [0.3, 0.4) is 0 Å². The zero-order valence-corrected chi connectivity index (χ0v) is 30.0. The van der Waals surface area contributed by atoms with Gasteiger partial charge in [-0.05, 0) is 36.1 Å². The van der Waals surface area contributed by atoms with Crippen molar-refractivity contribution in [2.75, 3.05) is 0 Å². The summed E-state index contributed by atoms with van der Waals surface area (Å²) in [6.45, 7) is 4.56. The van der Waals surface area contributed by atoms with Crippen LogP contribution in [0, 0.1) is 0 Å². The van der Waals surface area contributed by atoms with Crippen molar-refractivity contribution in [3.63, 3.8) is 0 Å². The van der Waals surface area contributed by atoms with Gasteiger partial charge in [0.05, 0.1) is 22.8 Å². The van der Waals surface area contributed by atoms with Gasteiger partial charge in [0.15, 0.2) is 11.6 Å². The lowest BCUT2D eigenvalue weighted by atomic mass is 9.70. The molecule has 0 spiro atoms. The maximum absolute atomic E-state index is 5.06. The van der Waals surface area contributed by atoms with Gasteiger partial charge < -0.3 is 0 Å². The highest BCUT2D eigenvalue weighted by Crippen LogP contribution is 2.40. The van der Waals surface area contributed by atoms with Crippen molar-refractivity contribution in [1.29, 1.82) is 0 Å². The Hall–Kier alpha value is -6.52. The van der Waals surface area contributed by atoms with E-state index in [4.69, 9.17) is 19.9 Å². The fraction of sp³-hybridized carbons (Fsp3) is 0.102. The minimum absolute atomic E-state index is 0.166.